The second kappa shape index (κ2) is 9.43. The molecule has 138 valence electrons. The fraction of sp³-hybridized carbons (Fsp3) is 0.438. The number of nitrogens with zero attached hydrogens (tertiary/aromatic N) is 4. The number of hydrogen-bond acceptors (Lipinski definition) is 4. The number of carbonyl (C=O) groups is 3. The van der Waals surface area contributed by atoms with E-state index >= 15 is 0 Å². The van der Waals surface area contributed by atoms with Crippen LogP contribution in [0, 0.1) is 5.92 Å². The molecule has 1 saturated heterocycles. The normalized spacial score (nSPS) is 16.5. The van der Waals surface area contributed by atoms with Crippen LogP contribution in [0.1, 0.15) is 12.0 Å². The molecule has 0 bridgehead atoms. The van der Waals surface area contributed by atoms with Crippen molar-refractivity contribution >= 4 is 40.8 Å². The smallest absolute Gasteiger partial charge is 0.290 e. The molecule has 10 heteroatoms. The van der Waals surface area contributed by atoms with Gasteiger partial charge in [0.05, 0.1) is 10.0 Å². The Balaban J connectivity index is 1.78. The number of aryl methyl sites for hydroxylation is 1. The van der Waals surface area contributed by atoms with E-state index in [2.05, 4.69) is 15.3 Å². The van der Waals surface area contributed by atoms with Gasteiger partial charge in [-0.25, -0.2) is 0 Å². The largest absolute Gasteiger partial charge is 0.355 e. The Bertz CT molecular complexity index is 764. The van der Waals surface area contributed by atoms with Crippen LogP contribution in [0.5, 0.6) is 0 Å². The van der Waals surface area contributed by atoms with Gasteiger partial charge in [0.25, 0.3) is 5.91 Å². The van der Waals surface area contributed by atoms with E-state index < -0.39 is 23.5 Å². The number of carbonyl (C=O) groups excluding carboxylic acids is 3. The minimum Gasteiger partial charge on any atom is -0.355 e. The van der Waals surface area contributed by atoms with E-state index in [0.29, 0.717) is 29.4 Å². The lowest BCUT2D eigenvalue weighted by atomic mass is 10.1. The fourth-order valence-electron chi connectivity index (χ4n) is 2.62. The summed E-state index contributed by atoms with van der Waals surface area (Å²) < 4.78 is 0. The summed E-state index contributed by atoms with van der Waals surface area (Å²) >= 11 is 11.8. The molecule has 0 aliphatic carbocycles. The number of hydrogen-bond donors (Lipinski definition) is 1. The highest BCUT2D eigenvalue weighted by molar-refractivity contribution is 6.42. The maximum absolute atomic E-state index is 12.2. The zero-order valence-corrected chi connectivity index (χ0v) is 15.3. The Labute approximate surface area is 160 Å². The highest BCUT2D eigenvalue weighted by Gasteiger charge is 2.42. The predicted octanol–water partition coefficient (Wildman–Crippen LogP) is 2.38. The third-order valence-corrected chi connectivity index (χ3v) is 4.73. The molecule has 0 aromatic heterocycles. The van der Waals surface area contributed by atoms with E-state index in [0.717, 1.165) is 5.56 Å². The lowest BCUT2D eigenvalue weighted by molar-refractivity contribution is -0.142. The molecule has 1 aliphatic rings. The van der Waals surface area contributed by atoms with Crippen molar-refractivity contribution in [1.82, 2.24) is 10.2 Å². The van der Waals surface area contributed by atoms with Gasteiger partial charge in [0.2, 0.25) is 11.7 Å². The molecule has 0 radical (unpaired) electrons. The van der Waals surface area contributed by atoms with Gasteiger partial charge in [-0.2, -0.15) is 0 Å². The number of rotatable bonds is 8. The van der Waals surface area contributed by atoms with Crippen molar-refractivity contribution in [3.05, 3.63) is 44.3 Å². The van der Waals surface area contributed by atoms with E-state index in [1.807, 2.05) is 6.07 Å². The van der Waals surface area contributed by atoms with Crippen molar-refractivity contribution in [1.29, 1.82) is 0 Å². The molecule has 1 aliphatic heterocycles. The second-order valence-corrected chi connectivity index (χ2v) is 6.58. The lowest BCUT2D eigenvalue weighted by Crippen LogP contribution is -2.36. The van der Waals surface area contributed by atoms with Crippen LogP contribution in [-0.2, 0) is 20.8 Å². The monoisotopic (exact) mass is 397 g/mol. The average molecular weight is 398 g/mol. The molecule has 26 heavy (non-hydrogen) atoms. The summed E-state index contributed by atoms with van der Waals surface area (Å²) in [6.45, 7) is 0.566. The maximum atomic E-state index is 12.2. The molecule has 1 fully saturated rings. The number of likely N-dealkylation sites (tertiary alicyclic amines) is 1. The Kier molecular flexibility index (Phi) is 7.26. The Hall–Kier alpha value is -2.28. The van der Waals surface area contributed by atoms with Crippen LogP contribution in [0.4, 0.5) is 0 Å². The number of nitrogens with one attached hydrogen (secondary N) is 1. The quantitative estimate of drug-likeness (QED) is 0.181. The zero-order valence-electron chi connectivity index (χ0n) is 13.8. The molecule has 1 N–H and O–H groups in total. The predicted molar refractivity (Wildman–Crippen MR) is 96.9 cm³/mol. The molecule has 1 atom stereocenters. The molecule has 0 spiro atoms. The van der Waals surface area contributed by atoms with Crippen LogP contribution in [0.15, 0.2) is 23.3 Å². The van der Waals surface area contributed by atoms with E-state index in [4.69, 9.17) is 28.7 Å². The molecule has 1 aromatic carbocycles. The Morgan fingerprint density at radius 2 is 2.12 bits per heavy atom. The van der Waals surface area contributed by atoms with Gasteiger partial charge in [-0.3, -0.25) is 14.4 Å². The third kappa shape index (κ3) is 5.11. The summed E-state index contributed by atoms with van der Waals surface area (Å²) in [5.74, 6) is -2.93. The van der Waals surface area contributed by atoms with Gasteiger partial charge < -0.3 is 10.2 Å². The summed E-state index contributed by atoms with van der Waals surface area (Å²) in [5, 5.41) is 6.96. The number of azide groups is 1. The first-order valence-corrected chi connectivity index (χ1v) is 8.75. The zero-order chi connectivity index (χ0) is 19.1. The third-order valence-electron chi connectivity index (χ3n) is 3.99. The minimum atomic E-state index is -1.02. The van der Waals surface area contributed by atoms with Gasteiger partial charge in [0, 0.05) is 31.1 Å². The van der Waals surface area contributed by atoms with Crippen molar-refractivity contribution in [2.45, 2.75) is 12.8 Å². The molecule has 0 saturated carbocycles. The molecular formula is C16H17Cl2N5O3. The highest BCUT2D eigenvalue weighted by Crippen LogP contribution is 2.23. The van der Waals surface area contributed by atoms with Crippen molar-refractivity contribution in [3.63, 3.8) is 0 Å². The fourth-order valence-corrected chi connectivity index (χ4v) is 2.94. The molecule has 8 nitrogen and oxygen atoms in total. The van der Waals surface area contributed by atoms with Gasteiger partial charge in [0.15, 0.2) is 0 Å². The van der Waals surface area contributed by atoms with E-state index in [1.165, 1.54) is 4.90 Å². The second-order valence-electron chi connectivity index (χ2n) is 5.77. The van der Waals surface area contributed by atoms with E-state index in [-0.39, 0.29) is 19.6 Å². The van der Waals surface area contributed by atoms with Gasteiger partial charge in [-0.15, -0.1) is 0 Å². The average Bonchev–Trinajstić information content (AvgIpc) is 2.90. The molecule has 1 unspecified atom stereocenters. The number of benzene rings is 1. The van der Waals surface area contributed by atoms with Gasteiger partial charge in [-0.1, -0.05) is 34.4 Å². The van der Waals surface area contributed by atoms with Crippen LogP contribution in [0.2, 0.25) is 10.0 Å². The Morgan fingerprint density at radius 1 is 1.35 bits per heavy atom. The maximum Gasteiger partial charge on any atom is 0.290 e. The van der Waals surface area contributed by atoms with Crippen molar-refractivity contribution < 1.29 is 14.4 Å². The topological polar surface area (TPSA) is 115 Å². The van der Waals surface area contributed by atoms with Crippen LogP contribution < -0.4 is 5.32 Å². The SMILES string of the molecule is [N-]=[N+]=NCCN1CC(C(=O)NCCCc2ccc(Cl)c(Cl)c2)C(=O)C1=O. The molecule has 2 amide bonds. The summed E-state index contributed by atoms with van der Waals surface area (Å²) in [6.07, 6.45) is 1.34. The van der Waals surface area contributed by atoms with Crippen LogP contribution in [-0.4, -0.2) is 48.7 Å². The van der Waals surface area contributed by atoms with Crippen LogP contribution >= 0.6 is 23.2 Å². The van der Waals surface area contributed by atoms with Gasteiger partial charge >= 0.3 is 0 Å². The molecule has 2 rings (SSSR count). The number of amides is 2. The lowest BCUT2D eigenvalue weighted by Gasteiger charge is -2.13. The standard InChI is InChI=1S/C16H17Cl2N5O3/c17-12-4-3-10(8-13(12)18)2-1-5-20-15(25)11-9-23(7-6-21-22-19)16(26)14(11)24/h3-4,8,11H,1-2,5-7,9H2,(H,20,25). The summed E-state index contributed by atoms with van der Waals surface area (Å²) in [4.78, 5) is 39.7. The molecular weight excluding hydrogens is 381 g/mol. The van der Waals surface area contributed by atoms with Crippen molar-refractivity contribution in [2.24, 2.45) is 11.0 Å². The molecule has 1 aromatic rings. The minimum absolute atomic E-state index is 0.0112. The number of halogens is 2. The highest BCUT2D eigenvalue weighted by atomic mass is 35.5. The molecule has 1 heterocycles. The van der Waals surface area contributed by atoms with Crippen molar-refractivity contribution in [2.75, 3.05) is 26.2 Å². The van der Waals surface area contributed by atoms with Gasteiger partial charge in [-0.05, 0) is 36.1 Å². The van der Waals surface area contributed by atoms with Crippen molar-refractivity contribution in [3.8, 4) is 0 Å². The first-order chi connectivity index (χ1) is 12.4. The first-order valence-electron chi connectivity index (χ1n) is 7.99. The van der Waals surface area contributed by atoms with Crippen LogP contribution in [0.3, 0.4) is 0 Å². The summed E-state index contributed by atoms with van der Waals surface area (Å²) in [6, 6.07) is 5.34. The Morgan fingerprint density at radius 3 is 2.81 bits per heavy atom. The summed E-state index contributed by atoms with van der Waals surface area (Å²) in [7, 11) is 0. The first kappa shape index (κ1) is 20.0. The van der Waals surface area contributed by atoms with E-state index in [9.17, 15) is 14.4 Å². The summed E-state index contributed by atoms with van der Waals surface area (Å²) in [5.41, 5.74) is 9.23. The van der Waals surface area contributed by atoms with Crippen LogP contribution in [0.25, 0.3) is 10.4 Å². The van der Waals surface area contributed by atoms with Gasteiger partial charge in [0.1, 0.15) is 5.92 Å². The number of Topliss-reactive ketones (excluding diaryl/α,β-unsaturated/α-hetero) is 1. The number of ketones is 1. The van der Waals surface area contributed by atoms with E-state index in [1.54, 1.807) is 12.1 Å².